The molecule has 208 valence electrons. The van der Waals surface area contributed by atoms with E-state index in [0.29, 0.717) is 41.4 Å². The highest BCUT2D eigenvalue weighted by molar-refractivity contribution is 6.03. The third-order valence-corrected chi connectivity index (χ3v) is 7.07. The number of nitrogens with two attached hydrogens (primary N) is 1. The molecule has 1 aliphatic rings. The van der Waals surface area contributed by atoms with Crippen molar-refractivity contribution in [2.75, 3.05) is 25.4 Å². The van der Waals surface area contributed by atoms with Gasteiger partial charge in [0.25, 0.3) is 0 Å². The van der Waals surface area contributed by atoms with Crippen molar-refractivity contribution in [3.05, 3.63) is 79.3 Å². The quantitative estimate of drug-likeness (QED) is 0.248. The molecule has 4 N–H and O–H groups in total. The predicted molar refractivity (Wildman–Crippen MR) is 156 cm³/mol. The number of rotatable bonds is 6. The van der Waals surface area contributed by atoms with E-state index in [2.05, 4.69) is 33.7 Å². The SMILES string of the molecule is C=CC(=O)NCC(=O)N1CCC(O)(C#Cc2c(-c3ccc(Oc4ccccc4)cc3)c3c(N)ncnc3n2C)CC1. The maximum Gasteiger partial charge on any atom is 0.243 e. The molecule has 1 fully saturated rings. The Morgan fingerprint density at radius 2 is 1.80 bits per heavy atom. The zero-order chi connectivity index (χ0) is 29.0. The fourth-order valence-corrected chi connectivity index (χ4v) is 4.79. The summed E-state index contributed by atoms with van der Waals surface area (Å²) in [5.41, 5.74) is 7.87. The molecule has 2 aromatic heterocycles. The zero-order valence-electron chi connectivity index (χ0n) is 22.6. The van der Waals surface area contributed by atoms with E-state index in [1.165, 1.54) is 6.33 Å². The van der Waals surface area contributed by atoms with Crippen molar-refractivity contribution in [3.8, 4) is 34.5 Å². The molecular weight excluding hydrogens is 520 g/mol. The number of anilines is 1. The maximum absolute atomic E-state index is 12.4. The highest BCUT2D eigenvalue weighted by Crippen LogP contribution is 2.37. The number of aliphatic hydroxyl groups is 1. The molecule has 1 saturated heterocycles. The lowest BCUT2D eigenvalue weighted by molar-refractivity contribution is -0.134. The van der Waals surface area contributed by atoms with E-state index in [0.717, 1.165) is 23.0 Å². The standard InChI is InChI=1S/C31H30N6O4/c1-3-25(38)33-19-26(39)37-17-15-31(40,16-18-37)14-13-24-27(28-29(32)34-20-35-30(28)36(24)2)21-9-11-23(12-10-21)41-22-7-5-4-6-8-22/h3-12,20,40H,1,15-19H2,2H3,(H,33,38)(H2,32,34,35). The Morgan fingerprint density at radius 3 is 2.49 bits per heavy atom. The first-order valence-corrected chi connectivity index (χ1v) is 13.1. The molecule has 2 amide bonds. The number of amides is 2. The van der Waals surface area contributed by atoms with E-state index in [1.807, 2.05) is 66.2 Å². The number of likely N-dealkylation sites (tertiary alicyclic amines) is 1. The van der Waals surface area contributed by atoms with Gasteiger partial charge in [0.05, 0.1) is 11.9 Å². The van der Waals surface area contributed by atoms with Crippen LogP contribution in [-0.4, -0.2) is 61.6 Å². The second-order valence-corrected chi connectivity index (χ2v) is 9.76. The lowest BCUT2D eigenvalue weighted by Crippen LogP contribution is -2.48. The minimum absolute atomic E-state index is 0.119. The summed E-state index contributed by atoms with van der Waals surface area (Å²) in [6.07, 6.45) is 3.07. The van der Waals surface area contributed by atoms with Gasteiger partial charge in [0.2, 0.25) is 11.8 Å². The van der Waals surface area contributed by atoms with Gasteiger partial charge in [0.15, 0.2) is 0 Å². The van der Waals surface area contributed by atoms with Crippen LogP contribution in [0.5, 0.6) is 11.5 Å². The van der Waals surface area contributed by atoms with Gasteiger partial charge in [-0.1, -0.05) is 42.8 Å². The average molecular weight is 551 g/mol. The third-order valence-electron chi connectivity index (χ3n) is 7.07. The van der Waals surface area contributed by atoms with Crippen LogP contribution in [0.3, 0.4) is 0 Å². The molecule has 5 rings (SSSR count). The fourth-order valence-electron chi connectivity index (χ4n) is 4.79. The molecule has 0 bridgehead atoms. The van der Waals surface area contributed by atoms with Gasteiger partial charge in [-0.05, 0) is 41.8 Å². The molecule has 10 heteroatoms. The van der Waals surface area contributed by atoms with E-state index in [4.69, 9.17) is 10.5 Å². The van der Waals surface area contributed by atoms with Crippen LogP contribution < -0.4 is 15.8 Å². The van der Waals surface area contributed by atoms with Crippen molar-refractivity contribution < 1.29 is 19.4 Å². The van der Waals surface area contributed by atoms with Crippen LogP contribution in [0, 0.1) is 11.8 Å². The van der Waals surface area contributed by atoms with Gasteiger partial charge in [0, 0.05) is 38.5 Å². The molecule has 0 radical (unpaired) electrons. The Balaban J connectivity index is 1.42. The van der Waals surface area contributed by atoms with Crippen LogP contribution in [0.25, 0.3) is 22.2 Å². The van der Waals surface area contributed by atoms with Gasteiger partial charge >= 0.3 is 0 Å². The summed E-state index contributed by atoms with van der Waals surface area (Å²) in [6.45, 7) is 3.89. The number of para-hydroxylation sites is 1. The second kappa shape index (κ2) is 11.5. The number of benzene rings is 2. The summed E-state index contributed by atoms with van der Waals surface area (Å²) >= 11 is 0. The molecule has 10 nitrogen and oxygen atoms in total. The number of ether oxygens (including phenoxy) is 1. The summed E-state index contributed by atoms with van der Waals surface area (Å²) in [5.74, 6) is 7.35. The van der Waals surface area contributed by atoms with Crippen LogP contribution in [-0.2, 0) is 16.6 Å². The number of fused-ring (bicyclic) bond motifs is 1. The number of aromatic nitrogens is 3. The molecule has 0 atom stereocenters. The van der Waals surface area contributed by atoms with Crippen LogP contribution >= 0.6 is 0 Å². The first-order chi connectivity index (χ1) is 19.8. The minimum Gasteiger partial charge on any atom is -0.457 e. The van der Waals surface area contributed by atoms with Gasteiger partial charge in [0.1, 0.15) is 40.6 Å². The number of carbonyl (C=O) groups is 2. The van der Waals surface area contributed by atoms with Crippen LogP contribution in [0.4, 0.5) is 5.82 Å². The van der Waals surface area contributed by atoms with Gasteiger partial charge in [-0.3, -0.25) is 9.59 Å². The molecule has 2 aromatic carbocycles. The number of aryl methyl sites for hydroxylation is 1. The third kappa shape index (κ3) is 5.90. The van der Waals surface area contributed by atoms with Crippen LogP contribution in [0.2, 0.25) is 0 Å². The largest absolute Gasteiger partial charge is 0.457 e. The van der Waals surface area contributed by atoms with E-state index in [9.17, 15) is 14.7 Å². The number of nitrogen functional groups attached to an aromatic ring is 1. The van der Waals surface area contributed by atoms with E-state index >= 15 is 0 Å². The topological polar surface area (TPSA) is 136 Å². The molecule has 0 aliphatic carbocycles. The Kier molecular flexibility index (Phi) is 7.72. The molecule has 1 aliphatic heterocycles. The van der Waals surface area contributed by atoms with E-state index in [1.54, 1.807) is 4.90 Å². The molecule has 41 heavy (non-hydrogen) atoms. The summed E-state index contributed by atoms with van der Waals surface area (Å²) < 4.78 is 7.79. The molecule has 3 heterocycles. The number of hydrogen-bond acceptors (Lipinski definition) is 7. The van der Waals surface area contributed by atoms with Gasteiger partial charge in [-0.25, -0.2) is 9.97 Å². The van der Waals surface area contributed by atoms with Crippen molar-refractivity contribution in [1.82, 2.24) is 24.8 Å². The molecule has 0 saturated carbocycles. The summed E-state index contributed by atoms with van der Waals surface area (Å²) in [7, 11) is 1.85. The lowest BCUT2D eigenvalue weighted by Gasteiger charge is -2.35. The number of carbonyl (C=O) groups excluding carboxylic acids is 2. The summed E-state index contributed by atoms with van der Waals surface area (Å²) in [4.78, 5) is 34.1. The summed E-state index contributed by atoms with van der Waals surface area (Å²) in [6, 6.07) is 17.1. The molecule has 4 aromatic rings. The van der Waals surface area contributed by atoms with Crippen molar-refractivity contribution in [1.29, 1.82) is 0 Å². The van der Waals surface area contributed by atoms with Crippen molar-refractivity contribution in [2.24, 2.45) is 7.05 Å². The van der Waals surface area contributed by atoms with Crippen molar-refractivity contribution >= 4 is 28.7 Å². The number of piperidine rings is 1. The molecule has 0 unspecified atom stereocenters. The monoisotopic (exact) mass is 550 g/mol. The minimum atomic E-state index is -1.29. The smallest absolute Gasteiger partial charge is 0.243 e. The van der Waals surface area contributed by atoms with Gasteiger partial charge in [-0.15, -0.1) is 0 Å². The Morgan fingerprint density at radius 1 is 1.12 bits per heavy atom. The first-order valence-electron chi connectivity index (χ1n) is 13.1. The highest BCUT2D eigenvalue weighted by Gasteiger charge is 2.32. The number of nitrogens with one attached hydrogen (secondary N) is 1. The van der Waals surface area contributed by atoms with Gasteiger partial charge in [-0.2, -0.15) is 0 Å². The van der Waals surface area contributed by atoms with Crippen LogP contribution in [0.1, 0.15) is 18.5 Å². The molecule has 0 spiro atoms. The van der Waals surface area contributed by atoms with Gasteiger partial charge < -0.3 is 30.4 Å². The molecular formula is C31H30N6O4. The Labute approximate surface area is 237 Å². The van der Waals surface area contributed by atoms with Crippen molar-refractivity contribution in [2.45, 2.75) is 18.4 Å². The maximum atomic E-state index is 12.4. The zero-order valence-corrected chi connectivity index (χ0v) is 22.6. The average Bonchev–Trinajstić information content (AvgIpc) is 3.28. The normalized spacial score (nSPS) is 14.1. The van der Waals surface area contributed by atoms with E-state index < -0.39 is 11.5 Å². The summed E-state index contributed by atoms with van der Waals surface area (Å²) in [5, 5.41) is 14.4. The predicted octanol–water partition coefficient (Wildman–Crippen LogP) is 3.02. The Bertz CT molecular complexity index is 1660. The second-order valence-electron chi connectivity index (χ2n) is 9.76. The van der Waals surface area contributed by atoms with Crippen LogP contribution in [0.15, 0.2) is 73.6 Å². The Hall–Kier alpha value is -5.14. The number of nitrogens with zero attached hydrogens (tertiary/aromatic N) is 4. The first kappa shape index (κ1) is 27.4. The van der Waals surface area contributed by atoms with E-state index in [-0.39, 0.29) is 25.3 Å². The highest BCUT2D eigenvalue weighted by atomic mass is 16.5. The lowest BCUT2D eigenvalue weighted by atomic mass is 9.91. The fraction of sp³-hybridized carbons (Fsp3) is 0.226. The van der Waals surface area contributed by atoms with Crippen molar-refractivity contribution in [3.63, 3.8) is 0 Å². The number of hydrogen-bond donors (Lipinski definition) is 3.